The first kappa shape index (κ1) is 28.8. The highest BCUT2D eigenvalue weighted by Gasteiger charge is 2.33. The first-order chi connectivity index (χ1) is 18.4. The van der Waals surface area contributed by atoms with Gasteiger partial charge in [0.15, 0.2) is 0 Å². The SMILES string of the molecule is COc1cc(Cl)c(-c2cnc(C(F)(F)F)cc2C#N)cc1C(=O)N(C)c1c(C#N)cccc1OCCC(=O)O. The summed E-state index contributed by atoms with van der Waals surface area (Å²) in [5.41, 5.74) is -1.67. The molecular formula is C26H18ClF3N4O5. The summed E-state index contributed by atoms with van der Waals surface area (Å²) in [7, 11) is 2.61. The minimum absolute atomic E-state index is 0.00163. The number of hydrogen-bond donors (Lipinski definition) is 1. The van der Waals surface area contributed by atoms with Crippen molar-refractivity contribution in [2.75, 3.05) is 25.7 Å². The number of anilines is 1. The van der Waals surface area contributed by atoms with Gasteiger partial charge in [0, 0.05) is 30.4 Å². The molecule has 200 valence electrons. The number of para-hydroxylation sites is 1. The van der Waals surface area contributed by atoms with Crippen LogP contribution >= 0.6 is 11.6 Å². The van der Waals surface area contributed by atoms with E-state index in [4.69, 9.17) is 26.2 Å². The van der Waals surface area contributed by atoms with Crippen LogP contribution in [0.2, 0.25) is 5.02 Å². The van der Waals surface area contributed by atoms with Gasteiger partial charge in [-0.2, -0.15) is 23.7 Å². The van der Waals surface area contributed by atoms with Crippen molar-refractivity contribution in [3.8, 4) is 34.8 Å². The lowest BCUT2D eigenvalue weighted by atomic mass is 9.98. The van der Waals surface area contributed by atoms with Crippen LogP contribution in [-0.4, -0.2) is 42.7 Å². The lowest BCUT2D eigenvalue weighted by Crippen LogP contribution is -2.28. The molecule has 1 aromatic heterocycles. The minimum Gasteiger partial charge on any atom is -0.496 e. The summed E-state index contributed by atoms with van der Waals surface area (Å²) in [4.78, 5) is 29.0. The number of halogens is 4. The Bertz CT molecular complexity index is 1530. The number of carbonyl (C=O) groups is 2. The van der Waals surface area contributed by atoms with Gasteiger partial charge in [0.1, 0.15) is 28.9 Å². The van der Waals surface area contributed by atoms with Gasteiger partial charge in [-0.15, -0.1) is 0 Å². The molecule has 0 saturated carbocycles. The minimum atomic E-state index is -4.78. The van der Waals surface area contributed by atoms with E-state index in [2.05, 4.69) is 4.98 Å². The number of hydrogen-bond acceptors (Lipinski definition) is 7. The van der Waals surface area contributed by atoms with Crippen LogP contribution in [0, 0.1) is 22.7 Å². The van der Waals surface area contributed by atoms with Gasteiger partial charge in [-0.3, -0.25) is 14.6 Å². The molecule has 0 aliphatic heterocycles. The molecule has 0 aliphatic rings. The summed E-state index contributed by atoms with van der Waals surface area (Å²) >= 11 is 6.35. The molecule has 3 rings (SSSR count). The molecular weight excluding hydrogens is 541 g/mol. The lowest BCUT2D eigenvalue weighted by Gasteiger charge is -2.23. The number of amides is 1. The Morgan fingerprint density at radius 1 is 1.10 bits per heavy atom. The molecule has 0 atom stereocenters. The second-order valence-corrected chi connectivity index (χ2v) is 8.28. The predicted molar refractivity (Wildman–Crippen MR) is 133 cm³/mol. The number of ether oxygens (including phenoxy) is 2. The molecule has 0 fully saturated rings. The average molecular weight is 559 g/mol. The Morgan fingerprint density at radius 2 is 1.79 bits per heavy atom. The maximum absolute atomic E-state index is 13.7. The molecule has 1 amide bonds. The van der Waals surface area contributed by atoms with E-state index in [0.29, 0.717) is 6.07 Å². The molecule has 0 radical (unpaired) electrons. The van der Waals surface area contributed by atoms with Crippen LogP contribution in [0.4, 0.5) is 18.9 Å². The number of aromatic nitrogens is 1. The van der Waals surface area contributed by atoms with E-state index in [1.54, 1.807) is 6.07 Å². The van der Waals surface area contributed by atoms with Crippen LogP contribution in [0.15, 0.2) is 42.6 Å². The largest absolute Gasteiger partial charge is 0.496 e. The highest BCUT2D eigenvalue weighted by molar-refractivity contribution is 6.34. The summed E-state index contributed by atoms with van der Waals surface area (Å²) in [5, 5.41) is 28.0. The first-order valence-corrected chi connectivity index (χ1v) is 11.3. The van der Waals surface area contributed by atoms with Crippen molar-refractivity contribution in [3.05, 3.63) is 70.0 Å². The van der Waals surface area contributed by atoms with Gasteiger partial charge < -0.3 is 19.5 Å². The van der Waals surface area contributed by atoms with Gasteiger partial charge >= 0.3 is 12.1 Å². The molecule has 1 N–H and O–H groups in total. The number of rotatable bonds is 8. The van der Waals surface area contributed by atoms with Crippen LogP contribution in [0.25, 0.3) is 11.1 Å². The number of carboxylic acid groups (broad SMARTS) is 1. The third-order valence-corrected chi connectivity index (χ3v) is 5.77. The van der Waals surface area contributed by atoms with E-state index in [-0.39, 0.29) is 63.1 Å². The Hall–Kier alpha value is -4.81. The Morgan fingerprint density at radius 3 is 2.38 bits per heavy atom. The number of carbonyl (C=O) groups excluding carboxylic acids is 1. The molecule has 0 unspecified atom stereocenters. The molecule has 39 heavy (non-hydrogen) atoms. The number of pyridine rings is 1. The van der Waals surface area contributed by atoms with Crippen molar-refractivity contribution < 1.29 is 37.3 Å². The maximum atomic E-state index is 13.7. The molecule has 0 spiro atoms. The molecule has 1 heterocycles. The molecule has 13 heteroatoms. The van der Waals surface area contributed by atoms with E-state index in [0.717, 1.165) is 11.1 Å². The van der Waals surface area contributed by atoms with Gasteiger partial charge in [-0.05, 0) is 24.3 Å². The first-order valence-electron chi connectivity index (χ1n) is 10.9. The Kier molecular flexibility index (Phi) is 8.64. The zero-order chi connectivity index (χ0) is 28.9. The third-order valence-electron chi connectivity index (χ3n) is 5.46. The average Bonchev–Trinajstić information content (AvgIpc) is 2.90. The van der Waals surface area contributed by atoms with Gasteiger partial charge in [0.05, 0.1) is 47.9 Å². The van der Waals surface area contributed by atoms with Crippen LogP contribution in [0.1, 0.15) is 33.6 Å². The summed E-state index contributed by atoms with van der Waals surface area (Å²) in [5.74, 6) is -1.76. The Balaban J connectivity index is 2.13. The van der Waals surface area contributed by atoms with Gasteiger partial charge in [-0.1, -0.05) is 17.7 Å². The topological polar surface area (TPSA) is 137 Å². The standard InChI is InChI=1S/C26H18ClF3N4O5/c1-34(24-14(11-31)4-3-5-20(24)39-7-6-23(35)36)25(37)17-9-16(19(27)10-21(17)38-2)18-13-33-22(26(28,29)30)8-15(18)12-32/h3-5,8-10,13H,6-7H2,1-2H3,(H,35,36). The molecule has 2 aromatic carbocycles. The summed E-state index contributed by atoms with van der Waals surface area (Å²) in [6, 6.07) is 11.1. The number of nitrogens with zero attached hydrogens (tertiary/aromatic N) is 4. The van der Waals surface area contributed by atoms with E-state index in [9.17, 15) is 33.3 Å². The summed E-state index contributed by atoms with van der Waals surface area (Å²) in [6.07, 6.45) is -4.27. The normalized spacial score (nSPS) is 10.8. The maximum Gasteiger partial charge on any atom is 0.433 e. The molecule has 0 bridgehead atoms. The summed E-state index contributed by atoms with van der Waals surface area (Å²) in [6.45, 7) is -0.231. The van der Waals surface area contributed by atoms with Crippen LogP contribution in [0.5, 0.6) is 11.5 Å². The van der Waals surface area contributed by atoms with Crippen molar-refractivity contribution in [1.29, 1.82) is 10.5 Å². The smallest absolute Gasteiger partial charge is 0.433 e. The number of nitriles is 2. The zero-order valence-electron chi connectivity index (χ0n) is 20.3. The number of benzene rings is 2. The van der Waals surface area contributed by atoms with Gasteiger partial charge in [-0.25, -0.2) is 0 Å². The van der Waals surface area contributed by atoms with E-state index < -0.39 is 23.7 Å². The summed E-state index contributed by atoms with van der Waals surface area (Å²) < 4.78 is 50.2. The predicted octanol–water partition coefficient (Wildman–Crippen LogP) is 5.30. The highest BCUT2D eigenvalue weighted by atomic mass is 35.5. The van der Waals surface area contributed by atoms with E-state index in [1.165, 1.54) is 44.5 Å². The van der Waals surface area contributed by atoms with Crippen LogP contribution in [-0.2, 0) is 11.0 Å². The second kappa shape index (κ2) is 11.7. The van der Waals surface area contributed by atoms with Crippen molar-refractivity contribution in [2.45, 2.75) is 12.6 Å². The number of methoxy groups -OCH3 is 1. The molecule has 0 aliphatic carbocycles. The fourth-order valence-corrected chi connectivity index (χ4v) is 3.88. The fourth-order valence-electron chi connectivity index (χ4n) is 3.62. The van der Waals surface area contributed by atoms with E-state index in [1.807, 2.05) is 6.07 Å². The van der Waals surface area contributed by atoms with Gasteiger partial charge in [0.2, 0.25) is 0 Å². The molecule has 0 saturated heterocycles. The van der Waals surface area contributed by atoms with Crippen molar-refractivity contribution >= 4 is 29.2 Å². The third kappa shape index (κ3) is 6.20. The number of aliphatic carboxylic acids is 1. The monoisotopic (exact) mass is 558 g/mol. The van der Waals surface area contributed by atoms with Gasteiger partial charge in [0.25, 0.3) is 5.91 Å². The highest BCUT2D eigenvalue weighted by Crippen LogP contribution is 2.39. The van der Waals surface area contributed by atoms with E-state index >= 15 is 0 Å². The number of alkyl halides is 3. The lowest BCUT2D eigenvalue weighted by molar-refractivity contribution is -0.141. The van der Waals surface area contributed by atoms with Crippen LogP contribution < -0.4 is 14.4 Å². The molecule has 3 aromatic rings. The fraction of sp³-hybridized carbons (Fsp3) is 0.192. The Labute approximate surface area is 225 Å². The molecule has 9 nitrogen and oxygen atoms in total. The van der Waals surface area contributed by atoms with Crippen molar-refractivity contribution in [3.63, 3.8) is 0 Å². The van der Waals surface area contributed by atoms with Crippen LogP contribution in [0.3, 0.4) is 0 Å². The number of carboxylic acids is 1. The second-order valence-electron chi connectivity index (χ2n) is 7.88. The quantitative estimate of drug-likeness (QED) is 0.393. The van der Waals surface area contributed by atoms with Crippen molar-refractivity contribution in [2.24, 2.45) is 0 Å². The van der Waals surface area contributed by atoms with Crippen molar-refractivity contribution in [1.82, 2.24) is 4.98 Å². The zero-order valence-corrected chi connectivity index (χ0v) is 21.1.